The van der Waals surface area contributed by atoms with Crippen molar-refractivity contribution in [1.82, 2.24) is 0 Å². The summed E-state index contributed by atoms with van der Waals surface area (Å²) >= 11 is 8.22. The zero-order chi connectivity index (χ0) is 10.6. The van der Waals surface area contributed by atoms with Gasteiger partial charge in [-0.2, -0.15) is 0 Å². The molecular weight excluding hydrogens is 264 g/mol. The number of nitrogens with zero attached hydrogens (tertiary/aromatic N) is 1. The van der Waals surface area contributed by atoms with Crippen molar-refractivity contribution in [2.45, 2.75) is 0 Å². The largest absolute Gasteiger partial charge is 0.395 e. The van der Waals surface area contributed by atoms with E-state index in [0.717, 1.165) is 10.2 Å². The van der Waals surface area contributed by atoms with E-state index in [-0.39, 0.29) is 11.7 Å². The molecule has 5 heteroatoms. The summed E-state index contributed by atoms with van der Waals surface area (Å²) in [4.78, 5) is 1.68. The van der Waals surface area contributed by atoms with Crippen molar-refractivity contribution < 1.29 is 5.11 Å². The normalized spacial score (nSPS) is 9.86. The van der Waals surface area contributed by atoms with Gasteiger partial charge < -0.3 is 15.7 Å². The number of aliphatic hydroxyl groups excluding tert-OH is 1. The van der Waals surface area contributed by atoms with Crippen molar-refractivity contribution in [2.24, 2.45) is 5.73 Å². The highest BCUT2D eigenvalue weighted by molar-refractivity contribution is 9.10. The molecule has 14 heavy (non-hydrogen) atoms. The molecule has 1 aromatic rings. The molecule has 0 aliphatic rings. The Kier molecular flexibility index (Phi) is 4.31. The number of hydrogen-bond acceptors (Lipinski definition) is 2. The van der Waals surface area contributed by atoms with Crippen LogP contribution in [0.4, 0.5) is 5.69 Å². The summed E-state index contributed by atoms with van der Waals surface area (Å²) in [5.41, 5.74) is 6.41. The average Bonchev–Trinajstić information content (AvgIpc) is 2.15. The van der Waals surface area contributed by atoms with E-state index >= 15 is 0 Å². The summed E-state index contributed by atoms with van der Waals surface area (Å²) in [6.45, 7) is 0.435. The van der Waals surface area contributed by atoms with E-state index in [1.807, 2.05) is 24.3 Å². The second kappa shape index (κ2) is 5.29. The Labute approximate surface area is 96.6 Å². The van der Waals surface area contributed by atoms with E-state index in [0.29, 0.717) is 6.54 Å². The molecule has 3 N–H and O–H groups in total. The maximum atomic E-state index is 8.84. The molecule has 3 nitrogen and oxygen atoms in total. The summed E-state index contributed by atoms with van der Waals surface area (Å²) in [5.74, 6) is 0. The Morgan fingerprint density at radius 3 is 2.43 bits per heavy atom. The number of rotatable bonds is 3. The smallest absolute Gasteiger partial charge is 0.170 e. The minimum atomic E-state index is 0.0212. The zero-order valence-electron chi connectivity index (χ0n) is 7.48. The van der Waals surface area contributed by atoms with Gasteiger partial charge in [-0.15, -0.1) is 0 Å². The molecule has 0 amide bonds. The van der Waals surface area contributed by atoms with Crippen LogP contribution in [-0.2, 0) is 0 Å². The molecule has 1 rings (SSSR count). The number of benzene rings is 1. The number of anilines is 1. The summed E-state index contributed by atoms with van der Waals surface area (Å²) in [7, 11) is 0. The summed E-state index contributed by atoms with van der Waals surface area (Å²) in [5, 5.41) is 9.10. The van der Waals surface area contributed by atoms with Crippen molar-refractivity contribution in [3.8, 4) is 0 Å². The van der Waals surface area contributed by atoms with E-state index in [9.17, 15) is 0 Å². The number of halogens is 1. The SMILES string of the molecule is NC(=S)N(CCO)c1ccc(Br)cc1. The Morgan fingerprint density at radius 2 is 2.00 bits per heavy atom. The predicted octanol–water partition coefficient (Wildman–Crippen LogP) is 1.49. The number of aliphatic hydroxyl groups is 1. The molecule has 0 saturated carbocycles. The minimum Gasteiger partial charge on any atom is -0.395 e. The van der Waals surface area contributed by atoms with Crippen LogP contribution in [0.2, 0.25) is 0 Å². The number of hydrogen-bond donors (Lipinski definition) is 2. The van der Waals surface area contributed by atoms with Gasteiger partial charge >= 0.3 is 0 Å². The van der Waals surface area contributed by atoms with Crippen LogP contribution < -0.4 is 10.6 Å². The molecule has 0 spiro atoms. The van der Waals surface area contributed by atoms with Crippen molar-refractivity contribution >= 4 is 38.9 Å². The second-order valence-electron chi connectivity index (χ2n) is 2.69. The summed E-state index contributed by atoms with van der Waals surface area (Å²) in [6, 6.07) is 7.58. The topological polar surface area (TPSA) is 49.5 Å². The first-order chi connectivity index (χ1) is 6.65. The molecule has 1 aromatic carbocycles. The average molecular weight is 275 g/mol. The predicted molar refractivity (Wildman–Crippen MR) is 65.4 cm³/mol. The Morgan fingerprint density at radius 1 is 1.43 bits per heavy atom. The molecule has 0 aliphatic carbocycles. The van der Waals surface area contributed by atoms with Gasteiger partial charge in [-0.25, -0.2) is 0 Å². The van der Waals surface area contributed by atoms with Crippen LogP contribution in [0, 0.1) is 0 Å². The van der Waals surface area contributed by atoms with Gasteiger partial charge in [0.2, 0.25) is 0 Å². The lowest BCUT2D eigenvalue weighted by molar-refractivity contribution is 0.306. The molecule has 0 heterocycles. The molecule has 76 valence electrons. The minimum absolute atomic E-state index is 0.0212. The first kappa shape index (κ1) is 11.4. The quantitative estimate of drug-likeness (QED) is 0.821. The van der Waals surface area contributed by atoms with Crippen LogP contribution in [0.15, 0.2) is 28.7 Å². The van der Waals surface area contributed by atoms with E-state index in [1.165, 1.54) is 0 Å². The molecule has 0 atom stereocenters. The fourth-order valence-corrected chi connectivity index (χ4v) is 1.55. The van der Waals surface area contributed by atoms with Gasteiger partial charge in [0.25, 0.3) is 0 Å². The monoisotopic (exact) mass is 274 g/mol. The van der Waals surface area contributed by atoms with Crippen LogP contribution in [0.25, 0.3) is 0 Å². The fourth-order valence-electron chi connectivity index (χ4n) is 1.09. The van der Waals surface area contributed by atoms with E-state index < -0.39 is 0 Å². The summed E-state index contributed by atoms with van der Waals surface area (Å²) in [6.07, 6.45) is 0. The van der Waals surface area contributed by atoms with Crippen LogP contribution in [-0.4, -0.2) is 23.4 Å². The van der Waals surface area contributed by atoms with E-state index in [1.54, 1.807) is 4.90 Å². The second-order valence-corrected chi connectivity index (χ2v) is 4.02. The van der Waals surface area contributed by atoms with Gasteiger partial charge in [-0.1, -0.05) is 15.9 Å². The molecule has 0 fully saturated rings. The maximum absolute atomic E-state index is 8.84. The molecule has 0 bridgehead atoms. The third-order valence-corrected chi connectivity index (χ3v) is 2.48. The van der Waals surface area contributed by atoms with Crippen LogP contribution in [0.3, 0.4) is 0 Å². The lowest BCUT2D eigenvalue weighted by Crippen LogP contribution is -2.37. The first-order valence-electron chi connectivity index (χ1n) is 4.08. The van der Waals surface area contributed by atoms with Crippen molar-refractivity contribution in [2.75, 3.05) is 18.1 Å². The van der Waals surface area contributed by atoms with E-state index in [4.69, 9.17) is 23.1 Å². The highest BCUT2D eigenvalue weighted by Gasteiger charge is 2.07. The van der Waals surface area contributed by atoms with Crippen molar-refractivity contribution in [3.05, 3.63) is 28.7 Å². The van der Waals surface area contributed by atoms with Gasteiger partial charge in [-0.3, -0.25) is 0 Å². The van der Waals surface area contributed by atoms with Crippen molar-refractivity contribution in [3.63, 3.8) is 0 Å². The van der Waals surface area contributed by atoms with Gasteiger partial charge in [-0.05, 0) is 36.5 Å². The van der Waals surface area contributed by atoms with Crippen LogP contribution in [0.5, 0.6) is 0 Å². The van der Waals surface area contributed by atoms with Gasteiger partial charge in [0, 0.05) is 16.7 Å². The Balaban J connectivity index is 2.87. The highest BCUT2D eigenvalue weighted by atomic mass is 79.9. The molecule has 0 saturated heterocycles. The Bertz CT molecular complexity index is 315. The fraction of sp³-hybridized carbons (Fsp3) is 0.222. The van der Waals surface area contributed by atoms with Crippen LogP contribution >= 0.6 is 28.1 Å². The molecular formula is C9H11BrN2OS. The number of nitrogens with two attached hydrogens (primary N) is 1. The Hall–Kier alpha value is -0.650. The number of thiocarbonyl (C=S) groups is 1. The van der Waals surface area contributed by atoms with Gasteiger partial charge in [0.15, 0.2) is 5.11 Å². The molecule has 0 unspecified atom stereocenters. The standard InChI is InChI=1S/C9H11BrN2OS/c10-7-1-3-8(4-2-7)12(5-6-13)9(11)14/h1-4,13H,5-6H2,(H2,11,14). The highest BCUT2D eigenvalue weighted by Crippen LogP contribution is 2.17. The first-order valence-corrected chi connectivity index (χ1v) is 5.28. The van der Waals surface area contributed by atoms with Gasteiger partial charge in [0.05, 0.1) is 6.61 Å². The molecule has 0 radical (unpaired) electrons. The third-order valence-electron chi connectivity index (χ3n) is 1.73. The van der Waals surface area contributed by atoms with Crippen molar-refractivity contribution in [1.29, 1.82) is 0 Å². The lowest BCUT2D eigenvalue weighted by Gasteiger charge is -2.21. The summed E-state index contributed by atoms with van der Waals surface area (Å²) < 4.78 is 0.994. The third kappa shape index (κ3) is 2.94. The lowest BCUT2D eigenvalue weighted by atomic mass is 10.3. The van der Waals surface area contributed by atoms with Gasteiger partial charge in [0.1, 0.15) is 0 Å². The molecule has 0 aromatic heterocycles. The zero-order valence-corrected chi connectivity index (χ0v) is 9.88. The van der Waals surface area contributed by atoms with Crippen LogP contribution in [0.1, 0.15) is 0 Å². The van der Waals surface area contributed by atoms with E-state index in [2.05, 4.69) is 15.9 Å². The maximum Gasteiger partial charge on any atom is 0.170 e. The molecule has 0 aliphatic heterocycles.